The molecule has 6 heteroatoms. The molecular weight excluding hydrogens is 318 g/mol. The number of likely N-dealkylation sites (tertiary alicyclic amines) is 1. The first kappa shape index (κ1) is 18.3. The minimum Gasteiger partial charge on any atom is -0.468 e. The Hall–Kier alpha value is -1.53. The van der Waals surface area contributed by atoms with E-state index in [4.69, 9.17) is 9.15 Å². The van der Waals surface area contributed by atoms with Gasteiger partial charge in [-0.15, -0.1) is 0 Å². The van der Waals surface area contributed by atoms with Crippen LogP contribution in [0.15, 0.2) is 22.8 Å². The molecule has 6 nitrogen and oxygen atoms in total. The van der Waals surface area contributed by atoms with Gasteiger partial charge >= 0.3 is 6.03 Å². The molecule has 2 fully saturated rings. The average molecular weight is 349 g/mol. The van der Waals surface area contributed by atoms with Gasteiger partial charge in [0.2, 0.25) is 0 Å². The summed E-state index contributed by atoms with van der Waals surface area (Å²) in [7, 11) is 0. The van der Waals surface area contributed by atoms with E-state index in [1.807, 2.05) is 24.0 Å². The Morgan fingerprint density at radius 3 is 2.88 bits per heavy atom. The average Bonchev–Trinajstić information content (AvgIpc) is 3.35. The SMILES string of the molecule is CCN(C[C@@H]1CCOC1)C(=O)NC[C@H](c1ccco1)N1CCCCC1. The fraction of sp³-hybridized carbons (Fsp3) is 0.737. The normalized spacial score (nSPS) is 22.7. The maximum atomic E-state index is 12.6. The highest BCUT2D eigenvalue weighted by Gasteiger charge is 2.26. The third kappa shape index (κ3) is 4.98. The molecule has 0 saturated carbocycles. The van der Waals surface area contributed by atoms with Crippen molar-refractivity contribution in [1.29, 1.82) is 0 Å². The van der Waals surface area contributed by atoms with E-state index in [-0.39, 0.29) is 12.1 Å². The second-order valence-electron chi connectivity index (χ2n) is 7.08. The van der Waals surface area contributed by atoms with Crippen LogP contribution >= 0.6 is 0 Å². The first-order valence-electron chi connectivity index (χ1n) is 9.66. The van der Waals surface area contributed by atoms with Gasteiger partial charge in [0, 0.05) is 32.2 Å². The van der Waals surface area contributed by atoms with Crippen molar-refractivity contribution < 1.29 is 13.9 Å². The fourth-order valence-electron chi connectivity index (χ4n) is 3.81. The predicted octanol–water partition coefficient (Wildman–Crippen LogP) is 2.87. The van der Waals surface area contributed by atoms with Crippen molar-refractivity contribution in [3.63, 3.8) is 0 Å². The van der Waals surface area contributed by atoms with Gasteiger partial charge in [-0.2, -0.15) is 0 Å². The van der Waals surface area contributed by atoms with Crippen molar-refractivity contribution >= 4 is 6.03 Å². The summed E-state index contributed by atoms with van der Waals surface area (Å²) in [4.78, 5) is 17.0. The molecule has 2 amide bonds. The number of nitrogens with one attached hydrogen (secondary N) is 1. The Kier molecular flexibility index (Phi) is 6.76. The number of piperidine rings is 1. The Morgan fingerprint density at radius 1 is 1.40 bits per heavy atom. The van der Waals surface area contributed by atoms with E-state index in [1.54, 1.807) is 6.26 Å². The van der Waals surface area contributed by atoms with Crippen molar-refractivity contribution in [2.45, 2.75) is 38.6 Å². The molecular formula is C19H31N3O3. The number of carbonyl (C=O) groups excluding carboxylic acids is 1. The number of urea groups is 1. The summed E-state index contributed by atoms with van der Waals surface area (Å²) in [5.41, 5.74) is 0. The minimum absolute atomic E-state index is 0.0166. The van der Waals surface area contributed by atoms with Crippen LogP contribution in [0.25, 0.3) is 0 Å². The molecule has 2 atom stereocenters. The third-order valence-electron chi connectivity index (χ3n) is 5.32. The smallest absolute Gasteiger partial charge is 0.317 e. The van der Waals surface area contributed by atoms with Crippen LogP contribution in [0.1, 0.15) is 44.4 Å². The summed E-state index contributed by atoms with van der Waals surface area (Å²) in [6.07, 6.45) is 6.49. The molecule has 1 N–H and O–H groups in total. The second kappa shape index (κ2) is 9.25. The maximum Gasteiger partial charge on any atom is 0.317 e. The number of hydrogen-bond donors (Lipinski definition) is 1. The zero-order valence-corrected chi connectivity index (χ0v) is 15.3. The van der Waals surface area contributed by atoms with E-state index >= 15 is 0 Å². The molecule has 0 spiro atoms. The van der Waals surface area contributed by atoms with E-state index in [1.165, 1.54) is 19.3 Å². The molecule has 2 aliphatic heterocycles. The summed E-state index contributed by atoms with van der Waals surface area (Å²) in [5.74, 6) is 1.41. The standard InChI is InChI=1S/C19H31N3O3/c1-2-21(14-16-8-12-24-15-16)19(23)20-13-17(18-7-6-11-25-18)22-9-4-3-5-10-22/h6-7,11,16-17H,2-5,8-10,12-15H2,1H3,(H,20,23)/t16-,17+/m0/s1. The highest BCUT2D eigenvalue weighted by molar-refractivity contribution is 5.74. The topological polar surface area (TPSA) is 58.0 Å². The lowest BCUT2D eigenvalue weighted by Crippen LogP contribution is -2.46. The largest absolute Gasteiger partial charge is 0.468 e. The van der Waals surface area contributed by atoms with Crippen molar-refractivity contribution in [2.75, 3.05) is 45.9 Å². The van der Waals surface area contributed by atoms with Gasteiger partial charge in [0.1, 0.15) is 5.76 Å². The molecule has 2 saturated heterocycles. The fourth-order valence-corrected chi connectivity index (χ4v) is 3.81. The summed E-state index contributed by atoms with van der Waals surface area (Å²) in [5, 5.41) is 3.14. The summed E-state index contributed by atoms with van der Waals surface area (Å²) in [6.45, 7) is 7.84. The lowest BCUT2D eigenvalue weighted by atomic mass is 10.1. The Morgan fingerprint density at radius 2 is 2.24 bits per heavy atom. The van der Waals surface area contributed by atoms with E-state index in [0.29, 0.717) is 12.5 Å². The molecule has 25 heavy (non-hydrogen) atoms. The van der Waals surface area contributed by atoms with Gasteiger partial charge in [-0.05, 0) is 51.4 Å². The molecule has 3 rings (SSSR count). The van der Waals surface area contributed by atoms with Crippen LogP contribution in [-0.4, -0.2) is 61.8 Å². The molecule has 1 aromatic heterocycles. The Labute approximate surface area is 150 Å². The zero-order chi connectivity index (χ0) is 17.5. The summed E-state index contributed by atoms with van der Waals surface area (Å²) in [6, 6.07) is 4.07. The molecule has 0 bridgehead atoms. The number of ether oxygens (including phenoxy) is 1. The van der Waals surface area contributed by atoms with Gasteiger partial charge in [-0.25, -0.2) is 4.79 Å². The minimum atomic E-state index is 0.0166. The first-order chi connectivity index (χ1) is 12.3. The molecule has 0 aromatic carbocycles. The molecule has 3 heterocycles. The second-order valence-corrected chi connectivity index (χ2v) is 7.08. The molecule has 140 valence electrons. The Bertz CT molecular complexity index is 508. The van der Waals surface area contributed by atoms with Crippen LogP contribution in [-0.2, 0) is 4.74 Å². The van der Waals surface area contributed by atoms with Crippen LogP contribution in [0, 0.1) is 5.92 Å². The summed E-state index contributed by atoms with van der Waals surface area (Å²) >= 11 is 0. The number of carbonyl (C=O) groups is 1. The van der Waals surface area contributed by atoms with Crippen LogP contribution in [0.2, 0.25) is 0 Å². The molecule has 2 aliphatic rings. The van der Waals surface area contributed by atoms with Gasteiger partial charge in [-0.1, -0.05) is 6.42 Å². The van der Waals surface area contributed by atoms with Crippen LogP contribution in [0.3, 0.4) is 0 Å². The number of hydrogen-bond acceptors (Lipinski definition) is 4. The van der Waals surface area contributed by atoms with Gasteiger partial charge in [0.15, 0.2) is 0 Å². The van der Waals surface area contributed by atoms with Crippen molar-refractivity contribution in [1.82, 2.24) is 15.1 Å². The van der Waals surface area contributed by atoms with Crippen molar-refractivity contribution in [2.24, 2.45) is 5.92 Å². The van der Waals surface area contributed by atoms with E-state index in [2.05, 4.69) is 10.2 Å². The molecule has 1 aromatic rings. The highest BCUT2D eigenvalue weighted by atomic mass is 16.5. The van der Waals surface area contributed by atoms with Crippen LogP contribution < -0.4 is 5.32 Å². The lowest BCUT2D eigenvalue weighted by molar-refractivity contribution is 0.137. The number of furan rings is 1. The first-order valence-corrected chi connectivity index (χ1v) is 9.66. The third-order valence-corrected chi connectivity index (χ3v) is 5.32. The van der Waals surface area contributed by atoms with Gasteiger partial charge in [0.25, 0.3) is 0 Å². The quantitative estimate of drug-likeness (QED) is 0.822. The summed E-state index contributed by atoms with van der Waals surface area (Å²) < 4.78 is 11.1. The van der Waals surface area contributed by atoms with Crippen LogP contribution in [0.5, 0.6) is 0 Å². The van der Waals surface area contributed by atoms with Gasteiger partial charge in [-0.3, -0.25) is 4.90 Å². The van der Waals surface area contributed by atoms with E-state index in [0.717, 1.165) is 51.6 Å². The monoisotopic (exact) mass is 349 g/mol. The number of amides is 2. The number of rotatable bonds is 7. The van der Waals surface area contributed by atoms with Crippen LogP contribution in [0.4, 0.5) is 4.79 Å². The van der Waals surface area contributed by atoms with E-state index in [9.17, 15) is 4.79 Å². The maximum absolute atomic E-state index is 12.6. The lowest BCUT2D eigenvalue weighted by Gasteiger charge is -2.34. The predicted molar refractivity (Wildman–Crippen MR) is 96.4 cm³/mol. The number of nitrogens with zero attached hydrogens (tertiary/aromatic N) is 2. The molecule has 0 unspecified atom stereocenters. The highest BCUT2D eigenvalue weighted by Crippen LogP contribution is 2.24. The van der Waals surface area contributed by atoms with E-state index < -0.39 is 0 Å². The molecule has 0 aliphatic carbocycles. The Balaban J connectivity index is 1.56. The zero-order valence-electron chi connectivity index (χ0n) is 15.3. The van der Waals surface area contributed by atoms with Crippen molar-refractivity contribution in [3.05, 3.63) is 24.2 Å². The molecule has 0 radical (unpaired) electrons. The van der Waals surface area contributed by atoms with Crippen molar-refractivity contribution in [3.8, 4) is 0 Å². The van der Waals surface area contributed by atoms with Gasteiger partial charge in [0.05, 0.1) is 18.9 Å². The van der Waals surface area contributed by atoms with Gasteiger partial charge < -0.3 is 19.4 Å².